The van der Waals surface area contributed by atoms with Crippen LogP contribution >= 0.6 is 0 Å². The highest BCUT2D eigenvalue weighted by atomic mass is 19.1. The molecule has 0 aliphatic carbocycles. The third-order valence-corrected chi connectivity index (χ3v) is 3.04. The Morgan fingerprint density at radius 3 is 2.70 bits per heavy atom. The zero-order valence-electron chi connectivity index (χ0n) is 11.2. The second-order valence-corrected chi connectivity index (χ2v) is 4.37. The highest BCUT2D eigenvalue weighted by molar-refractivity contribution is 5.65. The topological polar surface area (TPSA) is 42.4 Å². The summed E-state index contributed by atoms with van der Waals surface area (Å²) >= 11 is 0. The molecule has 4 heteroatoms. The summed E-state index contributed by atoms with van der Waals surface area (Å²) in [6.07, 6.45) is 2.69. The van der Waals surface area contributed by atoms with E-state index in [-0.39, 0.29) is 0 Å². The molecule has 0 aliphatic rings. The van der Waals surface area contributed by atoms with Crippen LogP contribution in [0.2, 0.25) is 0 Å². The average Bonchev–Trinajstić information content (AvgIpc) is 2.48. The Hall–Kier alpha value is -2.20. The summed E-state index contributed by atoms with van der Waals surface area (Å²) in [5.41, 5.74) is 1.90. The van der Waals surface area contributed by atoms with Crippen molar-refractivity contribution in [3.05, 3.63) is 60.6 Å². The van der Waals surface area contributed by atoms with Gasteiger partial charge >= 0.3 is 0 Å². The van der Waals surface area contributed by atoms with Crippen LogP contribution in [0.1, 0.15) is 18.1 Å². The van der Waals surface area contributed by atoms with Crippen LogP contribution in [0.15, 0.2) is 49.2 Å². The Balaban J connectivity index is 2.32. The summed E-state index contributed by atoms with van der Waals surface area (Å²) in [6, 6.07) is 8.62. The molecule has 0 bridgehead atoms. The van der Waals surface area contributed by atoms with Crippen molar-refractivity contribution in [2.24, 2.45) is 0 Å². The number of benzene rings is 1. The van der Waals surface area contributed by atoms with Crippen LogP contribution in [-0.2, 0) is 0 Å². The number of aliphatic hydroxyl groups excluding tert-OH is 1. The maximum atomic E-state index is 13.8. The number of hydrogen-bond donors (Lipinski definition) is 1. The van der Waals surface area contributed by atoms with E-state index in [2.05, 4.69) is 11.6 Å². The largest absolute Gasteiger partial charge is 0.481 e. The van der Waals surface area contributed by atoms with E-state index in [1.807, 2.05) is 0 Å². The van der Waals surface area contributed by atoms with Gasteiger partial charge in [0.2, 0.25) is 5.88 Å². The lowest BCUT2D eigenvalue weighted by atomic mass is 10.0. The zero-order chi connectivity index (χ0) is 14.5. The lowest BCUT2D eigenvalue weighted by Crippen LogP contribution is -1.96. The number of aliphatic hydroxyl groups is 1. The quantitative estimate of drug-likeness (QED) is 0.848. The van der Waals surface area contributed by atoms with E-state index in [1.165, 1.54) is 7.11 Å². The first-order chi connectivity index (χ1) is 9.65. The van der Waals surface area contributed by atoms with Gasteiger partial charge in [0.05, 0.1) is 19.4 Å². The highest BCUT2D eigenvalue weighted by Gasteiger charge is 2.10. The molecule has 1 unspecified atom stereocenters. The van der Waals surface area contributed by atoms with Crippen molar-refractivity contribution in [1.29, 1.82) is 0 Å². The molecule has 104 valence electrons. The van der Waals surface area contributed by atoms with E-state index in [9.17, 15) is 9.50 Å². The van der Waals surface area contributed by atoms with Crippen molar-refractivity contribution in [2.75, 3.05) is 7.11 Å². The molecule has 3 nitrogen and oxygen atoms in total. The van der Waals surface area contributed by atoms with Crippen LogP contribution in [-0.4, -0.2) is 17.2 Å². The predicted octanol–water partition coefficient (Wildman–Crippen LogP) is 3.51. The lowest BCUT2D eigenvalue weighted by molar-refractivity contribution is 0.181. The summed E-state index contributed by atoms with van der Waals surface area (Å²) in [6.45, 7) is 3.59. The number of nitrogens with zero attached hydrogens (tertiary/aromatic N) is 1. The van der Waals surface area contributed by atoms with E-state index >= 15 is 0 Å². The van der Waals surface area contributed by atoms with Crippen LogP contribution in [0.25, 0.3) is 11.1 Å². The Bertz CT molecular complexity index is 596. The van der Waals surface area contributed by atoms with Crippen LogP contribution in [0.5, 0.6) is 5.88 Å². The maximum absolute atomic E-state index is 13.8. The number of hydrogen-bond acceptors (Lipinski definition) is 3. The molecule has 1 heterocycles. The second kappa shape index (κ2) is 6.30. The van der Waals surface area contributed by atoms with Crippen molar-refractivity contribution in [3.63, 3.8) is 0 Å². The first-order valence-electron chi connectivity index (χ1n) is 6.24. The van der Waals surface area contributed by atoms with Crippen molar-refractivity contribution < 1.29 is 14.2 Å². The molecule has 1 aromatic heterocycles. The van der Waals surface area contributed by atoms with Gasteiger partial charge in [0.25, 0.3) is 0 Å². The summed E-state index contributed by atoms with van der Waals surface area (Å²) in [4.78, 5) is 3.80. The maximum Gasteiger partial charge on any atom is 0.213 e. The van der Waals surface area contributed by atoms with Crippen LogP contribution in [0.4, 0.5) is 4.39 Å². The van der Waals surface area contributed by atoms with Gasteiger partial charge in [-0.15, -0.1) is 6.58 Å². The molecule has 1 aromatic carbocycles. The molecule has 20 heavy (non-hydrogen) atoms. The Morgan fingerprint density at radius 1 is 1.40 bits per heavy atom. The number of rotatable bonds is 5. The SMILES string of the molecule is C=CCC(O)c1ccc(-c2cc(OC)ncc2F)cc1. The minimum absolute atomic E-state index is 0.358. The number of pyridine rings is 1. The summed E-state index contributed by atoms with van der Waals surface area (Å²) in [7, 11) is 1.48. The van der Waals surface area contributed by atoms with E-state index in [0.717, 1.165) is 11.8 Å². The van der Waals surface area contributed by atoms with Crippen LogP contribution in [0.3, 0.4) is 0 Å². The van der Waals surface area contributed by atoms with Gasteiger partial charge in [-0.2, -0.15) is 0 Å². The fraction of sp³-hybridized carbons (Fsp3) is 0.188. The number of ether oxygens (including phenoxy) is 1. The van der Waals surface area contributed by atoms with Gasteiger partial charge < -0.3 is 9.84 Å². The average molecular weight is 273 g/mol. The summed E-state index contributed by atoms with van der Waals surface area (Å²) in [5.74, 6) is -0.0534. The predicted molar refractivity (Wildman–Crippen MR) is 76.0 cm³/mol. The second-order valence-electron chi connectivity index (χ2n) is 4.37. The molecule has 2 aromatic rings. The monoisotopic (exact) mass is 273 g/mol. The third kappa shape index (κ3) is 3.03. The number of halogens is 1. The Labute approximate surface area is 117 Å². The molecule has 1 atom stereocenters. The van der Waals surface area contributed by atoms with E-state index in [4.69, 9.17) is 4.74 Å². The van der Waals surface area contributed by atoms with Gasteiger partial charge in [-0.25, -0.2) is 9.37 Å². The van der Waals surface area contributed by atoms with Gasteiger partial charge in [-0.05, 0) is 17.5 Å². The highest BCUT2D eigenvalue weighted by Crippen LogP contribution is 2.27. The van der Waals surface area contributed by atoms with Crippen molar-refractivity contribution in [3.8, 4) is 17.0 Å². The molecule has 0 radical (unpaired) electrons. The molecule has 0 fully saturated rings. The third-order valence-electron chi connectivity index (χ3n) is 3.04. The van der Waals surface area contributed by atoms with Crippen molar-refractivity contribution in [2.45, 2.75) is 12.5 Å². The summed E-state index contributed by atoms with van der Waals surface area (Å²) < 4.78 is 18.8. The Morgan fingerprint density at radius 2 is 2.10 bits per heavy atom. The molecular weight excluding hydrogens is 257 g/mol. The van der Waals surface area contributed by atoms with Crippen LogP contribution < -0.4 is 4.74 Å². The zero-order valence-corrected chi connectivity index (χ0v) is 11.2. The fourth-order valence-corrected chi connectivity index (χ4v) is 1.93. The lowest BCUT2D eigenvalue weighted by Gasteiger charge is -2.10. The number of aromatic nitrogens is 1. The van der Waals surface area contributed by atoms with Crippen molar-refractivity contribution >= 4 is 0 Å². The molecule has 0 spiro atoms. The molecule has 0 saturated heterocycles. The molecule has 0 amide bonds. The first kappa shape index (κ1) is 14.2. The van der Waals surface area contributed by atoms with Gasteiger partial charge in [0.15, 0.2) is 0 Å². The van der Waals surface area contributed by atoms with Gasteiger partial charge in [0.1, 0.15) is 5.82 Å². The minimum atomic E-state index is -0.585. The van der Waals surface area contributed by atoms with Gasteiger partial charge in [-0.1, -0.05) is 30.3 Å². The standard InChI is InChI=1S/C16H16FNO2/c1-3-4-15(19)12-7-5-11(6-8-12)13-9-16(20-2)18-10-14(13)17/h3,5-10,15,19H,1,4H2,2H3. The molecule has 1 N–H and O–H groups in total. The van der Waals surface area contributed by atoms with Crippen LogP contribution in [0, 0.1) is 5.82 Å². The minimum Gasteiger partial charge on any atom is -0.481 e. The van der Waals surface area contributed by atoms with Gasteiger partial charge in [-0.3, -0.25) is 0 Å². The normalized spacial score (nSPS) is 11.9. The smallest absolute Gasteiger partial charge is 0.213 e. The Kier molecular flexibility index (Phi) is 4.48. The molecule has 2 rings (SSSR count). The van der Waals surface area contributed by atoms with Crippen molar-refractivity contribution in [1.82, 2.24) is 4.98 Å². The fourth-order valence-electron chi connectivity index (χ4n) is 1.93. The first-order valence-corrected chi connectivity index (χ1v) is 6.24. The van der Waals surface area contributed by atoms with E-state index in [0.29, 0.717) is 23.4 Å². The molecule has 0 saturated carbocycles. The molecular formula is C16H16FNO2. The number of methoxy groups -OCH3 is 1. The summed E-state index contributed by atoms with van der Waals surface area (Å²) in [5, 5.41) is 9.84. The van der Waals surface area contributed by atoms with E-state index in [1.54, 1.807) is 36.4 Å². The van der Waals surface area contributed by atoms with E-state index < -0.39 is 11.9 Å². The molecule has 0 aliphatic heterocycles. The van der Waals surface area contributed by atoms with Gasteiger partial charge in [0, 0.05) is 11.6 Å².